The monoisotopic (exact) mass is 495 g/mol. The van der Waals surface area contributed by atoms with E-state index in [9.17, 15) is 13.2 Å². The molecule has 0 bridgehead atoms. The van der Waals surface area contributed by atoms with E-state index in [2.05, 4.69) is 20.0 Å². The summed E-state index contributed by atoms with van der Waals surface area (Å²) in [6, 6.07) is 9.31. The van der Waals surface area contributed by atoms with E-state index in [-0.39, 0.29) is 23.6 Å². The normalized spacial score (nSPS) is 16.8. The second-order valence-electron chi connectivity index (χ2n) is 8.53. The highest BCUT2D eigenvalue weighted by Gasteiger charge is 2.27. The second-order valence-corrected chi connectivity index (χ2v) is 10.3. The predicted molar refractivity (Wildman–Crippen MR) is 133 cm³/mol. The van der Waals surface area contributed by atoms with Crippen molar-refractivity contribution in [2.24, 2.45) is 0 Å². The number of carbonyl (C=O) groups excluding carboxylic acids is 1. The highest BCUT2D eigenvalue weighted by molar-refractivity contribution is 7.92. The number of amides is 1. The molecule has 3 aromatic rings. The van der Waals surface area contributed by atoms with E-state index in [1.165, 1.54) is 13.3 Å². The Hall–Kier alpha value is -3.86. The Bertz CT molecular complexity index is 1430. The van der Waals surface area contributed by atoms with E-state index in [0.717, 1.165) is 47.3 Å². The molecule has 2 N–H and O–H groups in total. The number of carbonyl (C=O) groups is 1. The average Bonchev–Trinajstić information content (AvgIpc) is 3.24. The summed E-state index contributed by atoms with van der Waals surface area (Å²) in [5.74, 6) is 1.57. The largest absolute Gasteiger partial charge is 0.485 e. The fourth-order valence-corrected chi connectivity index (χ4v) is 4.92. The van der Waals surface area contributed by atoms with Crippen LogP contribution in [0.2, 0.25) is 0 Å². The van der Waals surface area contributed by atoms with Gasteiger partial charge in [-0.15, -0.1) is 0 Å². The lowest BCUT2D eigenvalue weighted by atomic mass is 9.94. The molecule has 1 unspecified atom stereocenters. The van der Waals surface area contributed by atoms with Gasteiger partial charge in [-0.2, -0.15) is 0 Å². The molecule has 4 heterocycles. The van der Waals surface area contributed by atoms with Crippen LogP contribution >= 0.6 is 0 Å². The van der Waals surface area contributed by atoms with E-state index in [4.69, 9.17) is 9.47 Å². The fourth-order valence-electron chi connectivity index (χ4n) is 4.38. The zero-order chi connectivity index (χ0) is 24.7. The van der Waals surface area contributed by atoms with Gasteiger partial charge in [-0.1, -0.05) is 0 Å². The lowest BCUT2D eigenvalue weighted by Gasteiger charge is -2.28. The molecule has 0 spiro atoms. The van der Waals surface area contributed by atoms with E-state index < -0.39 is 10.0 Å². The number of anilines is 4. The summed E-state index contributed by atoms with van der Waals surface area (Å²) in [5, 5.41) is 3.16. The number of aromatic nitrogens is 2. The molecule has 0 radical (unpaired) electrons. The highest BCUT2D eigenvalue weighted by Crippen LogP contribution is 2.44. The minimum absolute atomic E-state index is 0.134. The molecule has 1 atom stereocenters. The Balaban J connectivity index is 1.43. The van der Waals surface area contributed by atoms with Gasteiger partial charge < -0.3 is 19.7 Å². The summed E-state index contributed by atoms with van der Waals surface area (Å²) < 4.78 is 37.1. The Kier molecular flexibility index (Phi) is 5.72. The number of hydrogen-bond acceptors (Lipinski definition) is 8. The van der Waals surface area contributed by atoms with E-state index in [0.29, 0.717) is 17.9 Å². The van der Waals surface area contributed by atoms with Crippen molar-refractivity contribution in [2.75, 3.05) is 34.8 Å². The average molecular weight is 496 g/mol. The molecule has 2 aliphatic rings. The molecule has 0 aliphatic carbocycles. The zero-order valence-electron chi connectivity index (χ0n) is 19.5. The summed E-state index contributed by atoms with van der Waals surface area (Å²) in [6.45, 7) is 2.68. The number of nitrogens with zero attached hydrogens (tertiary/aromatic N) is 3. The van der Waals surface area contributed by atoms with Crippen molar-refractivity contribution in [1.29, 1.82) is 0 Å². The number of hydrogen-bond donors (Lipinski definition) is 2. The molecule has 182 valence electrons. The van der Waals surface area contributed by atoms with Crippen LogP contribution in [0.4, 0.5) is 22.9 Å². The molecule has 1 amide bonds. The van der Waals surface area contributed by atoms with Crippen molar-refractivity contribution in [3.8, 4) is 22.8 Å². The van der Waals surface area contributed by atoms with Crippen molar-refractivity contribution in [1.82, 2.24) is 9.97 Å². The predicted octanol–water partition coefficient (Wildman–Crippen LogP) is 3.85. The van der Waals surface area contributed by atoms with Gasteiger partial charge in [-0.3, -0.25) is 9.52 Å². The number of methoxy groups -OCH3 is 1. The van der Waals surface area contributed by atoms with Crippen molar-refractivity contribution in [3.63, 3.8) is 0 Å². The third kappa shape index (κ3) is 4.59. The highest BCUT2D eigenvalue weighted by atomic mass is 32.2. The second kappa shape index (κ2) is 8.73. The van der Waals surface area contributed by atoms with Crippen LogP contribution in [-0.4, -0.2) is 44.2 Å². The summed E-state index contributed by atoms with van der Waals surface area (Å²) in [6.07, 6.45) is 5.58. The lowest BCUT2D eigenvalue weighted by Crippen LogP contribution is -2.24. The third-order valence-corrected chi connectivity index (χ3v) is 6.52. The lowest BCUT2D eigenvalue weighted by molar-refractivity contribution is -0.117. The molecule has 2 aromatic heterocycles. The topological polar surface area (TPSA) is 123 Å². The number of benzene rings is 1. The van der Waals surface area contributed by atoms with Gasteiger partial charge in [0.15, 0.2) is 0 Å². The van der Waals surface area contributed by atoms with Crippen molar-refractivity contribution < 1.29 is 22.7 Å². The molecule has 1 fully saturated rings. The maximum Gasteiger partial charge on any atom is 0.238 e. The van der Waals surface area contributed by atoms with Gasteiger partial charge in [0, 0.05) is 47.6 Å². The minimum atomic E-state index is -3.51. The van der Waals surface area contributed by atoms with Gasteiger partial charge in [0.2, 0.25) is 21.8 Å². The first-order chi connectivity index (χ1) is 16.7. The van der Waals surface area contributed by atoms with Crippen molar-refractivity contribution in [2.45, 2.75) is 25.9 Å². The van der Waals surface area contributed by atoms with Crippen molar-refractivity contribution in [3.05, 3.63) is 48.3 Å². The quantitative estimate of drug-likeness (QED) is 0.529. The summed E-state index contributed by atoms with van der Waals surface area (Å²) in [7, 11) is -2.09. The number of rotatable bonds is 6. The molecule has 0 saturated carbocycles. The fraction of sp³-hybridized carbons (Fsp3) is 0.292. The molecule has 1 aromatic carbocycles. The summed E-state index contributed by atoms with van der Waals surface area (Å²) in [5.41, 5.74) is 4.42. The molecular formula is C24H25N5O5S. The van der Waals surface area contributed by atoms with Crippen LogP contribution in [0.3, 0.4) is 0 Å². The van der Waals surface area contributed by atoms with Gasteiger partial charge in [-0.05, 0) is 37.6 Å². The van der Waals surface area contributed by atoms with E-state index >= 15 is 0 Å². The molecule has 2 aliphatic heterocycles. The summed E-state index contributed by atoms with van der Waals surface area (Å²) >= 11 is 0. The maximum atomic E-state index is 12.1. The molecule has 11 heteroatoms. The van der Waals surface area contributed by atoms with Gasteiger partial charge in [0.05, 0.1) is 25.2 Å². The standard InChI is InChI=1S/C24H25N5O5S/c1-14-18-11-22(27-15-9-20(28-35(3,31)32)24(33-2)26-12-15)25-13-19(18)17-7-6-16(10-21(17)34-14)29-8-4-5-23(29)30/h6-7,9-14,28H,4-5,8H2,1-3H3,(H,25,27). The number of ether oxygens (including phenoxy) is 2. The third-order valence-electron chi connectivity index (χ3n) is 5.93. The van der Waals surface area contributed by atoms with E-state index in [1.54, 1.807) is 17.2 Å². The number of pyridine rings is 2. The zero-order valence-corrected chi connectivity index (χ0v) is 20.3. The van der Waals surface area contributed by atoms with E-state index in [1.807, 2.05) is 31.2 Å². The molecule has 1 saturated heterocycles. The molecule has 35 heavy (non-hydrogen) atoms. The first kappa shape index (κ1) is 22.9. The van der Waals surface area contributed by atoms with Crippen LogP contribution in [0.15, 0.2) is 42.7 Å². The minimum Gasteiger partial charge on any atom is -0.485 e. The van der Waals surface area contributed by atoms with Gasteiger partial charge >= 0.3 is 0 Å². The SMILES string of the molecule is COc1ncc(Nc2cc3c(cn2)-c2ccc(N4CCCC4=O)cc2OC3C)cc1NS(C)(=O)=O. The van der Waals surface area contributed by atoms with Crippen LogP contribution in [0, 0.1) is 0 Å². The van der Waals surface area contributed by atoms with Crippen LogP contribution < -0.4 is 24.4 Å². The smallest absolute Gasteiger partial charge is 0.238 e. The molecule has 10 nitrogen and oxygen atoms in total. The van der Waals surface area contributed by atoms with Gasteiger partial charge in [-0.25, -0.2) is 18.4 Å². The van der Waals surface area contributed by atoms with Crippen LogP contribution in [0.25, 0.3) is 11.1 Å². The first-order valence-electron chi connectivity index (χ1n) is 11.1. The molecular weight excluding hydrogens is 470 g/mol. The van der Waals surface area contributed by atoms with Crippen molar-refractivity contribution >= 4 is 38.8 Å². The maximum absolute atomic E-state index is 12.1. The summed E-state index contributed by atoms with van der Waals surface area (Å²) in [4.78, 5) is 22.7. The Labute approximate surface area is 203 Å². The number of nitrogens with one attached hydrogen (secondary N) is 2. The number of sulfonamides is 1. The number of fused-ring (bicyclic) bond motifs is 3. The molecule has 5 rings (SSSR count). The Morgan fingerprint density at radius 3 is 2.69 bits per heavy atom. The van der Waals surface area contributed by atoms with Gasteiger partial charge in [0.1, 0.15) is 23.4 Å². The Morgan fingerprint density at radius 2 is 1.97 bits per heavy atom. The Morgan fingerprint density at radius 1 is 1.14 bits per heavy atom. The van der Waals surface area contributed by atoms with Gasteiger partial charge in [0.25, 0.3) is 0 Å². The first-order valence-corrected chi connectivity index (χ1v) is 13.0. The van der Waals surface area contributed by atoms with Crippen LogP contribution in [0.1, 0.15) is 31.4 Å². The van der Waals surface area contributed by atoms with Crippen LogP contribution in [0.5, 0.6) is 11.6 Å². The van der Waals surface area contributed by atoms with Crippen LogP contribution in [-0.2, 0) is 14.8 Å².